The summed E-state index contributed by atoms with van der Waals surface area (Å²) in [6, 6.07) is 6.19. The predicted octanol–water partition coefficient (Wildman–Crippen LogP) is 3.31. The first-order chi connectivity index (χ1) is 9.06. The summed E-state index contributed by atoms with van der Waals surface area (Å²) in [5.74, 6) is -0.469. The zero-order valence-electron chi connectivity index (χ0n) is 10.8. The number of aromatic nitrogens is 1. The van der Waals surface area contributed by atoms with Gasteiger partial charge in [0.25, 0.3) is 0 Å². The summed E-state index contributed by atoms with van der Waals surface area (Å²) in [5, 5.41) is 0. The lowest BCUT2D eigenvalue weighted by Crippen LogP contribution is -2.00. The highest BCUT2D eigenvalue weighted by molar-refractivity contribution is 5.94. The third-order valence-electron chi connectivity index (χ3n) is 2.66. The zero-order valence-corrected chi connectivity index (χ0v) is 10.8. The Labute approximate surface area is 111 Å². The molecule has 0 bridgehead atoms. The fourth-order valence-corrected chi connectivity index (χ4v) is 1.73. The van der Waals surface area contributed by atoms with Crippen LogP contribution in [0.4, 0.5) is 4.39 Å². The average molecular weight is 259 g/mol. The van der Waals surface area contributed by atoms with Crippen molar-refractivity contribution in [3.63, 3.8) is 0 Å². The van der Waals surface area contributed by atoms with Gasteiger partial charge in [-0.1, -0.05) is 0 Å². The van der Waals surface area contributed by atoms with E-state index in [2.05, 4.69) is 4.98 Å². The predicted molar refractivity (Wildman–Crippen MR) is 69.7 cm³/mol. The van der Waals surface area contributed by atoms with Gasteiger partial charge in [-0.2, -0.15) is 0 Å². The number of rotatable bonds is 4. The summed E-state index contributed by atoms with van der Waals surface area (Å²) in [6.45, 7) is 3.59. The molecule has 0 aliphatic carbocycles. The van der Waals surface area contributed by atoms with Crippen LogP contribution in [-0.2, 0) is 6.61 Å². The van der Waals surface area contributed by atoms with E-state index in [0.29, 0.717) is 12.4 Å². The van der Waals surface area contributed by atoms with Crippen LogP contribution >= 0.6 is 0 Å². The van der Waals surface area contributed by atoms with Gasteiger partial charge in [0.05, 0.1) is 5.56 Å². The number of nitrogens with zero attached hydrogens (tertiary/aromatic N) is 1. The Balaban J connectivity index is 2.08. The normalized spacial score (nSPS) is 10.3. The van der Waals surface area contributed by atoms with Crippen LogP contribution in [0.1, 0.15) is 28.4 Å². The van der Waals surface area contributed by atoms with E-state index in [9.17, 15) is 9.18 Å². The second-order valence-corrected chi connectivity index (χ2v) is 4.36. The molecule has 0 amide bonds. The molecule has 2 rings (SSSR count). The molecule has 0 aliphatic heterocycles. The van der Waals surface area contributed by atoms with Crippen molar-refractivity contribution < 1.29 is 13.9 Å². The van der Waals surface area contributed by atoms with Crippen molar-refractivity contribution >= 4 is 5.78 Å². The quantitative estimate of drug-likeness (QED) is 0.791. The number of ketones is 1. The molecular weight excluding hydrogens is 245 g/mol. The molecule has 3 nitrogen and oxygen atoms in total. The highest BCUT2D eigenvalue weighted by atomic mass is 19.1. The molecule has 0 unspecified atom stereocenters. The first-order valence-electron chi connectivity index (χ1n) is 5.90. The van der Waals surface area contributed by atoms with E-state index in [1.54, 1.807) is 18.5 Å². The molecular formula is C15H14FNO2. The van der Waals surface area contributed by atoms with Crippen LogP contribution in [0, 0.1) is 12.7 Å². The second-order valence-electron chi connectivity index (χ2n) is 4.36. The van der Waals surface area contributed by atoms with Crippen LogP contribution in [0.2, 0.25) is 0 Å². The first-order valence-corrected chi connectivity index (χ1v) is 5.90. The van der Waals surface area contributed by atoms with Gasteiger partial charge in [0.1, 0.15) is 18.2 Å². The largest absolute Gasteiger partial charge is 0.489 e. The molecule has 0 aliphatic rings. The lowest BCUT2D eigenvalue weighted by atomic mass is 10.1. The minimum absolute atomic E-state index is 0.0737. The molecule has 1 aromatic heterocycles. The monoisotopic (exact) mass is 259 g/mol. The molecule has 1 heterocycles. The van der Waals surface area contributed by atoms with Gasteiger partial charge in [0.15, 0.2) is 5.78 Å². The number of carbonyl (C=O) groups excluding carboxylic acids is 1. The third kappa shape index (κ3) is 3.37. The van der Waals surface area contributed by atoms with Crippen LogP contribution in [0.25, 0.3) is 0 Å². The van der Waals surface area contributed by atoms with E-state index in [1.807, 2.05) is 13.0 Å². The number of Topliss-reactive ketones (excluding diaryl/α,β-unsaturated/α-hetero) is 1. The van der Waals surface area contributed by atoms with Crippen LogP contribution < -0.4 is 4.74 Å². The molecule has 0 N–H and O–H groups in total. The van der Waals surface area contributed by atoms with Gasteiger partial charge in [0.2, 0.25) is 0 Å². The fraction of sp³-hybridized carbons (Fsp3) is 0.200. The summed E-state index contributed by atoms with van der Waals surface area (Å²) in [5.41, 5.74) is 2.03. The van der Waals surface area contributed by atoms with E-state index in [-0.39, 0.29) is 11.3 Å². The standard InChI is InChI=1S/C15H14FNO2/c1-10-5-12(8-17-7-10)9-19-13-3-4-14(11(2)18)15(16)6-13/h3-8H,9H2,1-2H3. The minimum Gasteiger partial charge on any atom is -0.489 e. The molecule has 0 saturated heterocycles. The van der Waals surface area contributed by atoms with Crippen molar-refractivity contribution in [1.82, 2.24) is 4.98 Å². The zero-order chi connectivity index (χ0) is 13.8. The van der Waals surface area contributed by atoms with Gasteiger partial charge in [0, 0.05) is 24.0 Å². The van der Waals surface area contributed by atoms with Gasteiger partial charge >= 0.3 is 0 Å². The van der Waals surface area contributed by atoms with Crippen molar-refractivity contribution in [3.8, 4) is 5.75 Å². The Bertz CT molecular complexity index is 611. The van der Waals surface area contributed by atoms with Crippen LogP contribution in [0.5, 0.6) is 5.75 Å². The van der Waals surface area contributed by atoms with Crippen molar-refractivity contribution in [2.45, 2.75) is 20.5 Å². The van der Waals surface area contributed by atoms with Gasteiger partial charge in [-0.05, 0) is 37.6 Å². The molecule has 4 heteroatoms. The second kappa shape index (κ2) is 5.61. The molecule has 2 aromatic rings. The number of benzene rings is 1. The van der Waals surface area contributed by atoms with E-state index in [0.717, 1.165) is 11.1 Å². The van der Waals surface area contributed by atoms with Crippen molar-refractivity contribution in [3.05, 3.63) is 59.2 Å². The maximum atomic E-state index is 13.6. The molecule has 0 fully saturated rings. The summed E-state index contributed by atoms with van der Waals surface area (Å²) in [6.07, 6.45) is 3.46. The van der Waals surface area contributed by atoms with Crippen molar-refractivity contribution in [2.24, 2.45) is 0 Å². The Morgan fingerprint density at radius 1 is 1.32 bits per heavy atom. The van der Waals surface area contributed by atoms with E-state index in [4.69, 9.17) is 4.74 Å². The molecule has 19 heavy (non-hydrogen) atoms. The topological polar surface area (TPSA) is 39.2 Å². The minimum atomic E-state index is -0.563. The van der Waals surface area contributed by atoms with Crippen LogP contribution in [-0.4, -0.2) is 10.8 Å². The number of hydrogen-bond acceptors (Lipinski definition) is 3. The third-order valence-corrected chi connectivity index (χ3v) is 2.66. The van der Waals surface area contributed by atoms with Gasteiger partial charge in [-0.25, -0.2) is 4.39 Å². The molecule has 1 aromatic carbocycles. The molecule has 0 saturated carbocycles. The molecule has 98 valence electrons. The average Bonchev–Trinajstić information content (AvgIpc) is 2.36. The number of hydrogen-bond donors (Lipinski definition) is 0. The maximum absolute atomic E-state index is 13.6. The molecule has 0 radical (unpaired) electrons. The number of carbonyl (C=O) groups is 1. The fourth-order valence-electron chi connectivity index (χ4n) is 1.73. The first kappa shape index (κ1) is 13.2. The van der Waals surface area contributed by atoms with E-state index in [1.165, 1.54) is 19.1 Å². The summed E-state index contributed by atoms with van der Waals surface area (Å²) >= 11 is 0. The van der Waals surface area contributed by atoms with Crippen LogP contribution in [0.3, 0.4) is 0 Å². The number of ether oxygens (including phenoxy) is 1. The molecule has 0 atom stereocenters. The van der Waals surface area contributed by atoms with E-state index < -0.39 is 5.82 Å². The Kier molecular flexibility index (Phi) is 3.90. The van der Waals surface area contributed by atoms with Gasteiger partial charge in [-0.3, -0.25) is 9.78 Å². The number of pyridine rings is 1. The number of aryl methyl sites for hydroxylation is 1. The number of halogens is 1. The summed E-state index contributed by atoms with van der Waals surface area (Å²) in [7, 11) is 0. The highest BCUT2D eigenvalue weighted by Gasteiger charge is 2.08. The Morgan fingerprint density at radius 2 is 2.11 bits per heavy atom. The SMILES string of the molecule is CC(=O)c1ccc(OCc2cncc(C)c2)cc1F. The lowest BCUT2D eigenvalue weighted by molar-refractivity contribution is 0.101. The Morgan fingerprint density at radius 3 is 2.74 bits per heavy atom. The van der Waals surface area contributed by atoms with E-state index >= 15 is 0 Å². The smallest absolute Gasteiger partial charge is 0.162 e. The maximum Gasteiger partial charge on any atom is 0.162 e. The lowest BCUT2D eigenvalue weighted by Gasteiger charge is -2.07. The van der Waals surface area contributed by atoms with Gasteiger partial charge in [-0.15, -0.1) is 0 Å². The van der Waals surface area contributed by atoms with Gasteiger partial charge < -0.3 is 4.74 Å². The van der Waals surface area contributed by atoms with Crippen molar-refractivity contribution in [1.29, 1.82) is 0 Å². The highest BCUT2D eigenvalue weighted by Crippen LogP contribution is 2.18. The summed E-state index contributed by atoms with van der Waals surface area (Å²) in [4.78, 5) is 15.2. The summed E-state index contributed by atoms with van der Waals surface area (Å²) < 4.78 is 19.0. The Hall–Kier alpha value is -2.23. The molecule has 0 spiro atoms. The van der Waals surface area contributed by atoms with Crippen molar-refractivity contribution in [2.75, 3.05) is 0 Å². The van der Waals surface area contributed by atoms with Crippen LogP contribution in [0.15, 0.2) is 36.7 Å².